The van der Waals surface area contributed by atoms with E-state index in [2.05, 4.69) is 49.5 Å². The summed E-state index contributed by atoms with van der Waals surface area (Å²) in [4.78, 5) is 0. The number of hydrogen-bond acceptors (Lipinski definition) is 2. The highest BCUT2D eigenvalue weighted by molar-refractivity contribution is 5.13. The van der Waals surface area contributed by atoms with Crippen molar-refractivity contribution in [2.45, 2.75) is 64.6 Å². The van der Waals surface area contributed by atoms with E-state index in [1.54, 1.807) is 0 Å². The second-order valence-corrected chi connectivity index (χ2v) is 6.47. The molecule has 2 rings (SSSR count). The molecule has 0 bridgehead atoms. The highest BCUT2D eigenvalue weighted by Gasteiger charge is 2.35. The van der Waals surface area contributed by atoms with E-state index in [-0.39, 0.29) is 5.60 Å². The molecule has 0 amide bonds. The summed E-state index contributed by atoms with van der Waals surface area (Å²) in [6, 6.07) is 10.6. The normalized spacial score (nSPS) is 25.9. The molecule has 0 unspecified atom stereocenters. The third kappa shape index (κ3) is 5.12. The van der Waals surface area contributed by atoms with Gasteiger partial charge in [0, 0.05) is 6.54 Å². The third-order valence-electron chi connectivity index (χ3n) is 4.80. The van der Waals surface area contributed by atoms with Gasteiger partial charge >= 0.3 is 0 Å². The molecule has 2 heteroatoms. The molecule has 0 aromatic heterocycles. The first kappa shape index (κ1) is 16.5. The second-order valence-electron chi connectivity index (χ2n) is 6.47. The maximum atomic E-state index is 6.42. The molecule has 1 aliphatic rings. The van der Waals surface area contributed by atoms with Crippen LogP contribution in [-0.2, 0) is 11.3 Å². The predicted octanol–water partition coefficient (Wildman–Crippen LogP) is 4.54. The monoisotopic (exact) mass is 289 g/mol. The lowest BCUT2D eigenvalue weighted by molar-refractivity contribution is -0.0863. The standard InChI is InChI=1S/C19H31NO/c1-3-8-17-11-13-19(14-12-17,16-20-4-2)21-15-18-9-6-5-7-10-18/h5-7,9-10,17,20H,3-4,8,11-16H2,1-2H3. The molecule has 1 aromatic rings. The maximum Gasteiger partial charge on any atom is 0.0811 e. The Labute approximate surface area is 130 Å². The van der Waals surface area contributed by atoms with Crippen LogP contribution in [0.5, 0.6) is 0 Å². The fraction of sp³-hybridized carbons (Fsp3) is 0.684. The number of rotatable bonds is 8. The molecule has 0 saturated heterocycles. The summed E-state index contributed by atoms with van der Waals surface area (Å²) < 4.78 is 6.42. The molecule has 2 nitrogen and oxygen atoms in total. The molecule has 118 valence electrons. The van der Waals surface area contributed by atoms with Crippen LogP contribution in [0.2, 0.25) is 0 Å². The van der Waals surface area contributed by atoms with Crippen LogP contribution in [0.15, 0.2) is 30.3 Å². The Kier molecular flexibility index (Phi) is 6.72. The van der Waals surface area contributed by atoms with Gasteiger partial charge in [-0.3, -0.25) is 0 Å². The zero-order chi connectivity index (χ0) is 15.0. The summed E-state index contributed by atoms with van der Waals surface area (Å²) in [6.07, 6.45) is 7.77. The van der Waals surface area contributed by atoms with Crippen molar-refractivity contribution in [3.63, 3.8) is 0 Å². The maximum absolute atomic E-state index is 6.42. The lowest BCUT2D eigenvalue weighted by Gasteiger charge is -2.40. The highest BCUT2D eigenvalue weighted by Crippen LogP contribution is 2.37. The molecule has 1 saturated carbocycles. The first-order valence-corrected chi connectivity index (χ1v) is 8.66. The lowest BCUT2D eigenvalue weighted by Crippen LogP contribution is -2.45. The minimum Gasteiger partial charge on any atom is -0.369 e. The van der Waals surface area contributed by atoms with Gasteiger partial charge in [-0.25, -0.2) is 0 Å². The van der Waals surface area contributed by atoms with Crippen molar-refractivity contribution >= 4 is 0 Å². The summed E-state index contributed by atoms with van der Waals surface area (Å²) >= 11 is 0. The largest absolute Gasteiger partial charge is 0.369 e. The summed E-state index contributed by atoms with van der Waals surface area (Å²) in [5.41, 5.74) is 1.33. The van der Waals surface area contributed by atoms with Gasteiger partial charge < -0.3 is 10.1 Å². The van der Waals surface area contributed by atoms with E-state index in [1.807, 2.05) is 0 Å². The van der Waals surface area contributed by atoms with Crippen LogP contribution in [0.25, 0.3) is 0 Å². The Bertz CT molecular complexity index is 382. The van der Waals surface area contributed by atoms with Crippen LogP contribution in [-0.4, -0.2) is 18.7 Å². The van der Waals surface area contributed by atoms with Crippen molar-refractivity contribution in [3.8, 4) is 0 Å². The van der Waals surface area contributed by atoms with Crippen molar-refractivity contribution in [2.24, 2.45) is 5.92 Å². The van der Waals surface area contributed by atoms with Crippen LogP contribution in [0.3, 0.4) is 0 Å². The Morgan fingerprint density at radius 1 is 1.14 bits per heavy atom. The van der Waals surface area contributed by atoms with E-state index in [0.29, 0.717) is 0 Å². The van der Waals surface area contributed by atoms with Gasteiger partial charge in [0.25, 0.3) is 0 Å². The van der Waals surface area contributed by atoms with Crippen molar-refractivity contribution in [2.75, 3.05) is 13.1 Å². The summed E-state index contributed by atoms with van der Waals surface area (Å²) in [6.45, 7) is 7.23. The van der Waals surface area contributed by atoms with Crippen molar-refractivity contribution in [1.29, 1.82) is 0 Å². The minimum atomic E-state index is 0.0517. The Morgan fingerprint density at radius 3 is 2.48 bits per heavy atom. The molecule has 1 aromatic carbocycles. The van der Waals surface area contributed by atoms with Crippen LogP contribution in [0.4, 0.5) is 0 Å². The average molecular weight is 289 g/mol. The van der Waals surface area contributed by atoms with E-state index < -0.39 is 0 Å². The minimum absolute atomic E-state index is 0.0517. The molecule has 0 aliphatic heterocycles. The zero-order valence-corrected chi connectivity index (χ0v) is 13.7. The van der Waals surface area contributed by atoms with Crippen LogP contribution < -0.4 is 5.32 Å². The van der Waals surface area contributed by atoms with Gasteiger partial charge in [0.2, 0.25) is 0 Å². The molecular weight excluding hydrogens is 258 g/mol. The van der Waals surface area contributed by atoms with E-state index in [9.17, 15) is 0 Å². The van der Waals surface area contributed by atoms with Gasteiger partial charge in [-0.15, -0.1) is 0 Å². The predicted molar refractivity (Wildman–Crippen MR) is 89.4 cm³/mol. The molecule has 1 aliphatic carbocycles. The van der Waals surface area contributed by atoms with Gasteiger partial charge in [0.1, 0.15) is 0 Å². The second kappa shape index (κ2) is 8.55. The van der Waals surface area contributed by atoms with Crippen molar-refractivity contribution in [1.82, 2.24) is 5.32 Å². The van der Waals surface area contributed by atoms with Gasteiger partial charge in [0.15, 0.2) is 0 Å². The van der Waals surface area contributed by atoms with E-state index >= 15 is 0 Å². The lowest BCUT2D eigenvalue weighted by atomic mass is 9.77. The quantitative estimate of drug-likeness (QED) is 0.758. The first-order chi connectivity index (χ1) is 10.3. The van der Waals surface area contributed by atoms with Crippen LogP contribution in [0, 0.1) is 5.92 Å². The van der Waals surface area contributed by atoms with Crippen LogP contribution in [0.1, 0.15) is 57.9 Å². The van der Waals surface area contributed by atoms with Gasteiger partial charge in [-0.2, -0.15) is 0 Å². The number of likely N-dealkylation sites (N-methyl/N-ethyl adjacent to an activating group) is 1. The SMILES string of the molecule is CCCC1CCC(CNCC)(OCc2ccccc2)CC1. The van der Waals surface area contributed by atoms with E-state index in [1.165, 1.54) is 44.1 Å². The Morgan fingerprint density at radius 2 is 1.86 bits per heavy atom. The molecule has 0 spiro atoms. The number of ether oxygens (including phenoxy) is 1. The molecule has 0 atom stereocenters. The van der Waals surface area contributed by atoms with Crippen LogP contribution >= 0.6 is 0 Å². The molecule has 21 heavy (non-hydrogen) atoms. The third-order valence-corrected chi connectivity index (χ3v) is 4.80. The summed E-state index contributed by atoms with van der Waals surface area (Å²) in [5, 5.41) is 3.52. The molecule has 0 heterocycles. The molecular formula is C19H31NO. The van der Waals surface area contributed by atoms with Gasteiger partial charge in [0.05, 0.1) is 12.2 Å². The average Bonchev–Trinajstić information content (AvgIpc) is 2.54. The number of nitrogens with one attached hydrogen (secondary N) is 1. The van der Waals surface area contributed by atoms with Crippen molar-refractivity contribution < 1.29 is 4.74 Å². The number of benzene rings is 1. The molecule has 0 radical (unpaired) electrons. The van der Waals surface area contributed by atoms with Crippen molar-refractivity contribution in [3.05, 3.63) is 35.9 Å². The fourth-order valence-electron chi connectivity index (χ4n) is 3.44. The smallest absolute Gasteiger partial charge is 0.0811 e. The summed E-state index contributed by atoms with van der Waals surface area (Å²) in [5.74, 6) is 0.921. The zero-order valence-electron chi connectivity index (χ0n) is 13.7. The topological polar surface area (TPSA) is 21.3 Å². The Balaban J connectivity index is 1.91. The Hall–Kier alpha value is -0.860. The molecule has 1 fully saturated rings. The first-order valence-electron chi connectivity index (χ1n) is 8.66. The van der Waals surface area contributed by atoms with Gasteiger partial charge in [-0.1, -0.05) is 57.0 Å². The highest BCUT2D eigenvalue weighted by atomic mass is 16.5. The molecule has 1 N–H and O–H groups in total. The fourth-order valence-corrected chi connectivity index (χ4v) is 3.44. The summed E-state index contributed by atoms with van der Waals surface area (Å²) in [7, 11) is 0. The number of hydrogen-bond donors (Lipinski definition) is 1. The van der Waals surface area contributed by atoms with Gasteiger partial charge in [-0.05, 0) is 43.7 Å². The van der Waals surface area contributed by atoms with E-state index in [4.69, 9.17) is 4.74 Å². The van der Waals surface area contributed by atoms with E-state index in [0.717, 1.165) is 25.6 Å².